The van der Waals surface area contributed by atoms with E-state index < -0.39 is 0 Å². The van der Waals surface area contributed by atoms with Gasteiger partial charge in [0.2, 0.25) is 5.91 Å². The molecule has 1 aromatic carbocycles. The van der Waals surface area contributed by atoms with Crippen LogP contribution in [0.1, 0.15) is 31.2 Å². The van der Waals surface area contributed by atoms with Crippen molar-refractivity contribution in [3.8, 4) is 11.5 Å². The summed E-state index contributed by atoms with van der Waals surface area (Å²) in [5.74, 6) is 1.65. The number of hydrogen-bond donors (Lipinski definition) is 1. The number of nitrogens with one attached hydrogen (secondary N) is 1. The summed E-state index contributed by atoms with van der Waals surface area (Å²) in [6.07, 6.45) is 4.48. The first-order chi connectivity index (χ1) is 10.7. The Hall–Kier alpha value is -1.75. The molecule has 0 radical (unpaired) electrons. The second kappa shape index (κ2) is 8.63. The maximum Gasteiger partial charge on any atom is 0.222 e. The molecule has 1 aliphatic heterocycles. The number of carbonyl (C=O) groups is 1. The highest BCUT2D eigenvalue weighted by atomic mass is 16.5. The van der Waals surface area contributed by atoms with Gasteiger partial charge in [-0.25, -0.2) is 0 Å². The topological polar surface area (TPSA) is 56.8 Å². The Morgan fingerprint density at radius 1 is 1.32 bits per heavy atom. The molecule has 1 N–H and O–H groups in total. The summed E-state index contributed by atoms with van der Waals surface area (Å²) in [6.45, 7) is 1.36. The number of benzene rings is 1. The van der Waals surface area contributed by atoms with Crippen LogP contribution in [0, 0.1) is 0 Å². The monoisotopic (exact) mass is 307 g/mol. The average Bonchev–Trinajstić information content (AvgIpc) is 2.55. The zero-order chi connectivity index (χ0) is 15.8. The van der Waals surface area contributed by atoms with Crippen LogP contribution in [-0.2, 0) is 16.0 Å². The van der Waals surface area contributed by atoms with Gasteiger partial charge >= 0.3 is 0 Å². The highest BCUT2D eigenvalue weighted by Gasteiger charge is 2.17. The Morgan fingerprint density at radius 3 is 2.86 bits per heavy atom. The molecule has 22 heavy (non-hydrogen) atoms. The Balaban J connectivity index is 1.78. The fourth-order valence-electron chi connectivity index (χ4n) is 2.66. The molecule has 0 aliphatic carbocycles. The van der Waals surface area contributed by atoms with Crippen molar-refractivity contribution >= 4 is 5.91 Å². The van der Waals surface area contributed by atoms with Crippen molar-refractivity contribution in [3.05, 3.63) is 23.8 Å². The van der Waals surface area contributed by atoms with Crippen molar-refractivity contribution in [2.24, 2.45) is 0 Å². The predicted octanol–water partition coefficient (Wildman–Crippen LogP) is 2.32. The summed E-state index contributed by atoms with van der Waals surface area (Å²) < 4.78 is 16.1. The summed E-state index contributed by atoms with van der Waals surface area (Å²) in [6, 6.07) is 5.68. The molecule has 5 nitrogen and oxygen atoms in total. The van der Waals surface area contributed by atoms with Crippen LogP contribution in [0.15, 0.2) is 18.2 Å². The molecular weight excluding hydrogens is 282 g/mol. The number of ether oxygens (including phenoxy) is 3. The Labute approximate surface area is 131 Å². The van der Waals surface area contributed by atoms with Gasteiger partial charge in [-0.2, -0.15) is 0 Å². The molecule has 1 amide bonds. The van der Waals surface area contributed by atoms with Gasteiger partial charge in [0.05, 0.1) is 26.7 Å². The van der Waals surface area contributed by atoms with Crippen molar-refractivity contribution < 1.29 is 19.0 Å². The highest BCUT2D eigenvalue weighted by Crippen LogP contribution is 2.24. The van der Waals surface area contributed by atoms with Crippen LogP contribution < -0.4 is 14.8 Å². The van der Waals surface area contributed by atoms with Gasteiger partial charge in [-0.3, -0.25) is 4.79 Å². The van der Waals surface area contributed by atoms with Gasteiger partial charge in [-0.15, -0.1) is 0 Å². The molecule has 1 unspecified atom stereocenters. The molecule has 122 valence electrons. The lowest BCUT2D eigenvalue weighted by Gasteiger charge is -2.22. The third-order valence-corrected chi connectivity index (χ3v) is 3.89. The van der Waals surface area contributed by atoms with E-state index in [4.69, 9.17) is 14.2 Å². The molecule has 1 atom stereocenters. The quantitative estimate of drug-likeness (QED) is 0.840. The molecule has 5 heteroatoms. The Kier molecular flexibility index (Phi) is 6.52. The van der Waals surface area contributed by atoms with Crippen LogP contribution in [0.3, 0.4) is 0 Å². The van der Waals surface area contributed by atoms with E-state index >= 15 is 0 Å². The van der Waals surface area contributed by atoms with E-state index in [1.165, 1.54) is 0 Å². The summed E-state index contributed by atoms with van der Waals surface area (Å²) in [4.78, 5) is 11.9. The lowest BCUT2D eigenvalue weighted by atomic mass is 10.1. The van der Waals surface area contributed by atoms with E-state index in [0.717, 1.165) is 42.9 Å². The minimum absolute atomic E-state index is 0.0498. The summed E-state index contributed by atoms with van der Waals surface area (Å²) in [7, 11) is 3.28. The lowest BCUT2D eigenvalue weighted by Crippen LogP contribution is -2.31. The van der Waals surface area contributed by atoms with Gasteiger partial charge in [-0.1, -0.05) is 0 Å². The predicted molar refractivity (Wildman–Crippen MR) is 84.5 cm³/mol. The average molecular weight is 307 g/mol. The van der Waals surface area contributed by atoms with Crippen LogP contribution in [0.5, 0.6) is 11.5 Å². The maximum absolute atomic E-state index is 11.9. The van der Waals surface area contributed by atoms with Crippen LogP contribution in [0.2, 0.25) is 0 Å². The normalized spacial score (nSPS) is 17.8. The molecule has 0 bridgehead atoms. The zero-order valence-corrected chi connectivity index (χ0v) is 13.4. The number of carbonyl (C=O) groups excluding carboxylic acids is 1. The van der Waals surface area contributed by atoms with E-state index in [9.17, 15) is 4.79 Å². The van der Waals surface area contributed by atoms with Gasteiger partial charge in [0, 0.05) is 13.2 Å². The highest BCUT2D eigenvalue weighted by molar-refractivity contribution is 5.76. The summed E-state index contributed by atoms with van der Waals surface area (Å²) in [5.41, 5.74) is 1.02. The van der Waals surface area contributed by atoms with Crippen LogP contribution >= 0.6 is 0 Å². The first kappa shape index (κ1) is 16.6. The Morgan fingerprint density at radius 2 is 2.18 bits per heavy atom. The zero-order valence-electron chi connectivity index (χ0n) is 13.4. The minimum Gasteiger partial charge on any atom is -0.497 e. The molecule has 1 aliphatic rings. The smallest absolute Gasteiger partial charge is 0.222 e. The standard InChI is InChI=1S/C17H25NO4/c1-20-14-6-7-16(21-2)13(11-14)8-9-18-17(19)12-15-5-3-4-10-22-15/h6-7,11,15H,3-5,8-10,12H2,1-2H3,(H,18,19). The van der Waals surface area contributed by atoms with E-state index in [0.29, 0.717) is 19.4 Å². The van der Waals surface area contributed by atoms with E-state index in [2.05, 4.69) is 5.32 Å². The van der Waals surface area contributed by atoms with Crippen molar-refractivity contribution in [2.45, 2.75) is 38.2 Å². The minimum atomic E-state index is 0.0498. The maximum atomic E-state index is 11.9. The molecule has 1 aromatic rings. The fourth-order valence-corrected chi connectivity index (χ4v) is 2.66. The second-order valence-corrected chi connectivity index (χ2v) is 5.47. The number of hydrogen-bond acceptors (Lipinski definition) is 4. The Bertz CT molecular complexity index is 484. The van der Waals surface area contributed by atoms with Gasteiger partial charge < -0.3 is 19.5 Å². The van der Waals surface area contributed by atoms with Crippen LogP contribution in [0.25, 0.3) is 0 Å². The van der Waals surface area contributed by atoms with Crippen molar-refractivity contribution in [3.63, 3.8) is 0 Å². The van der Waals surface area contributed by atoms with Gasteiger partial charge in [0.15, 0.2) is 0 Å². The molecule has 0 aromatic heterocycles. The first-order valence-corrected chi connectivity index (χ1v) is 7.82. The number of rotatable bonds is 7. The van der Waals surface area contributed by atoms with E-state index in [1.807, 2.05) is 18.2 Å². The summed E-state index contributed by atoms with van der Waals surface area (Å²) >= 11 is 0. The number of methoxy groups -OCH3 is 2. The molecule has 1 fully saturated rings. The van der Waals surface area contributed by atoms with Gasteiger partial charge in [-0.05, 0) is 49.4 Å². The van der Waals surface area contributed by atoms with Crippen LogP contribution in [0.4, 0.5) is 0 Å². The van der Waals surface area contributed by atoms with Gasteiger partial charge in [0.25, 0.3) is 0 Å². The fraction of sp³-hybridized carbons (Fsp3) is 0.588. The second-order valence-electron chi connectivity index (χ2n) is 5.47. The van der Waals surface area contributed by atoms with Crippen molar-refractivity contribution in [1.29, 1.82) is 0 Å². The SMILES string of the molecule is COc1ccc(OC)c(CCNC(=O)CC2CCCCO2)c1. The van der Waals surface area contributed by atoms with E-state index in [1.54, 1.807) is 14.2 Å². The van der Waals surface area contributed by atoms with Crippen LogP contribution in [-0.4, -0.2) is 39.4 Å². The lowest BCUT2D eigenvalue weighted by molar-refractivity contribution is -0.124. The molecule has 1 saturated heterocycles. The largest absolute Gasteiger partial charge is 0.497 e. The molecule has 1 heterocycles. The van der Waals surface area contributed by atoms with Gasteiger partial charge in [0.1, 0.15) is 11.5 Å². The molecule has 0 spiro atoms. The van der Waals surface area contributed by atoms with Crippen molar-refractivity contribution in [1.82, 2.24) is 5.32 Å². The molecule has 2 rings (SSSR count). The molecule has 0 saturated carbocycles. The molecular formula is C17H25NO4. The van der Waals surface area contributed by atoms with E-state index in [-0.39, 0.29) is 12.0 Å². The third kappa shape index (κ3) is 4.91. The van der Waals surface area contributed by atoms with Crippen molar-refractivity contribution in [2.75, 3.05) is 27.4 Å². The third-order valence-electron chi connectivity index (χ3n) is 3.89. The first-order valence-electron chi connectivity index (χ1n) is 7.82. The summed E-state index contributed by atoms with van der Waals surface area (Å²) in [5, 5.41) is 2.95. The number of amides is 1.